The number of aromatic amines is 1. The van der Waals surface area contributed by atoms with Crippen molar-refractivity contribution in [3.63, 3.8) is 0 Å². The second-order valence-corrected chi connectivity index (χ2v) is 8.32. The minimum atomic E-state index is -4.05. The lowest BCUT2D eigenvalue weighted by Gasteiger charge is -2.21. The van der Waals surface area contributed by atoms with E-state index in [4.69, 9.17) is 16.0 Å². The van der Waals surface area contributed by atoms with E-state index >= 15 is 0 Å². The molecule has 0 bridgehead atoms. The minimum absolute atomic E-state index is 0.0575. The van der Waals surface area contributed by atoms with Gasteiger partial charge < -0.3 is 9.15 Å². The number of hydrogen-bond acceptors (Lipinski definition) is 6. The van der Waals surface area contributed by atoms with E-state index in [1.54, 1.807) is 6.92 Å². The summed E-state index contributed by atoms with van der Waals surface area (Å²) < 4.78 is 36.2. The van der Waals surface area contributed by atoms with E-state index in [-0.39, 0.29) is 32.0 Å². The molecule has 132 valence electrons. The number of esters is 1. The second-order valence-electron chi connectivity index (χ2n) is 5.10. The number of H-pyrrole nitrogens is 1. The number of benzene rings is 1. The smallest absolute Gasteiger partial charge is 0.417 e. The number of carbonyl (C=O) groups is 1. The fraction of sp³-hybridized carbons (Fsp3) is 0.385. The number of oxazole rings is 1. The molecule has 2 aromatic rings. The van der Waals surface area contributed by atoms with Crippen LogP contribution in [0.5, 0.6) is 0 Å². The summed E-state index contributed by atoms with van der Waals surface area (Å²) in [4.78, 5) is 24.9. The highest BCUT2D eigenvalue weighted by Crippen LogP contribution is 2.37. The molecule has 8 nitrogen and oxygen atoms in total. The third-order valence-corrected chi connectivity index (χ3v) is 6.64. The molecular formula is C13H14BrClN2O6S. The highest BCUT2D eigenvalue weighted by molar-refractivity contribution is 9.10. The van der Waals surface area contributed by atoms with Crippen molar-refractivity contribution in [3.8, 4) is 0 Å². The molecule has 1 heterocycles. The Kier molecular flexibility index (Phi) is 5.43. The van der Waals surface area contributed by atoms with E-state index in [0.29, 0.717) is 0 Å². The number of rotatable bonds is 5. The molecule has 0 aliphatic rings. The summed E-state index contributed by atoms with van der Waals surface area (Å²) in [5, 5.41) is -0.227. The molecule has 0 fully saturated rings. The summed E-state index contributed by atoms with van der Waals surface area (Å²) in [6, 6.07) is 1.39. The topological polar surface area (TPSA) is 110 Å². The molecule has 1 N–H and O–H groups in total. The number of nitrogens with zero attached hydrogens (tertiary/aromatic N) is 1. The van der Waals surface area contributed by atoms with Gasteiger partial charge in [0.15, 0.2) is 5.58 Å². The van der Waals surface area contributed by atoms with Crippen LogP contribution in [0, 0.1) is 5.92 Å². The highest BCUT2D eigenvalue weighted by atomic mass is 79.9. The first-order valence-corrected chi connectivity index (χ1v) is 9.25. The van der Waals surface area contributed by atoms with Crippen molar-refractivity contribution in [1.29, 1.82) is 0 Å². The second kappa shape index (κ2) is 6.87. The standard InChI is InChI=1S/C13H14BrClN2O6S/c1-6(12(18)22-3)5-17(2)24(20,21)11-7(14)4-8-10(9(11)15)23-13(19)16-8/h4,6H,5H2,1-3H3,(H,16,19)/t6-/m0/s1. The van der Waals surface area contributed by atoms with Crippen LogP contribution in [0.1, 0.15) is 6.92 Å². The zero-order chi connectivity index (χ0) is 18.2. The van der Waals surface area contributed by atoms with Gasteiger partial charge in [-0.2, -0.15) is 4.31 Å². The maximum atomic E-state index is 12.8. The van der Waals surface area contributed by atoms with Gasteiger partial charge in [0.25, 0.3) is 0 Å². The third kappa shape index (κ3) is 3.37. The van der Waals surface area contributed by atoms with Gasteiger partial charge in [-0.1, -0.05) is 18.5 Å². The molecule has 0 saturated carbocycles. The quantitative estimate of drug-likeness (QED) is 0.710. The van der Waals surface area contributed by atoms with Crippen LogP contribution in [0.2, 0.25) is 5.02 Å². The zero-order valence-corrected chi connectivity index (χ0v) is 16.1. The number of aromatic nitrogens is 1. The van der Waals surface area contributed by atoms with E-state index in [2.05, 4.69) is 25.7 Å². The number of fused-ring (bicyclic) bond motifs is 1. The Labute approximate surface area is 150 Å². The van der Waals surface area contributed by atoms with Gasteiger partial charge >= 0.3 is 11.7 Å². The van der Waals surface area contributed by atoms with Crippen LogP contribution in [0.3, 0.4) is 0 Å². The van der Waals surface area contributed by atoms with E-state index in [9.17, 15) is 18.0 Å². The van der Waals surface area contributed by atoms with Crippen molar-refractivity contribution in [3.05, 3.63) is 26.1 Å². The van der Waals surface area contributed by atoms with Crippen molar-refractivity contribution >= 4 is 54.6 Å². The van der Waals surface area contributed by atoms with Gasteiger partial charge in [-0.05, 0) is 22.0 Å². The molecule has 1 atom stereocenters. The van der Waals surface area contributed by atoms with Crippen molar-refractivity contribution in [2.24, 2.45) is 5.92 Å². The molecule has 0 saturated heterocycles. The van der Waals surface area contributed by atoms with E-state index in [0.717, 1.165) is 4.31 Å². The first-order valence-electron chi connectivity index (χ1n) is 6.64. The van der Waals surface area contributed by atoms with Crippen molar-refractivity contribution in [2.75, 3.05) is 20.7 Å². The summed E-state index contributed by atoms with van der Waals surface area (Å²) in [6.45, 7) is 1.44. The lowest BCUT2D eigenvalue weighted by Crippen LogP contribution is -2.34. The first-order chi connectivity index (χ1) is 11.1. The lowest BCUT2D eigenvalue weighted by atomic mass is 10.2. The molecule has 0 spiro atoms. The molecular weight excluding hydrogens is 428 g/mol. The van der Waals surface area contributed by atoms with E-state index in [1.165, 1.54) is 20.2 Å². The number of nitrogens with one attached hydrogen (secondary N) is 1. The lowest BCUT2D eigenvalue weighted by molar-refractivity contribution is -0.144. The van der Waals surface area contributed by atoms with Gasteiger partial charge in [0.1, 0.15) is 9.92 Å². The maximum Gasteiger partial charge on any atom is 0.417 e. The number of methoxy groups -OCH3 is 1. The Morgan fingerprint density at radius 1 is 1.54 bits per heavy atom. The monoisotopic (exact) mass is 440 g/mol. The van der Waals surface area contributed by atoms with E-state index < -0.39 is 27.7 Å². The largest absolute Gasteiger partial charge is 0.469 e. The number of hydrogen-bond donors (Lipinski definition) is 1. The van der Waals surface area contributed by atoms with Gasteiger partial charge in [-0.3, -0.25) is 9.78 Å². The van der Waals surface area contributed by atoms with Gasteiger partial charge in [-0.25, -0.2) is 13.2 Å². The first kappa shape index (κ1) is 19.0. The Balaban J connectivity index is 2.51. The average molecular weight is 442 g/mol. The van der Waals surface area contributed by atoms with Crippen LogP contribution in [0.4, 0.5) is 0 Å². The van der Waals surface area contributed by atoms with Crippen LogP contribution < -0.4 is 5.76 Å². The summed E-state index contributed by atoms with van der Waals surface area (Å²) >= 11 is 9.28. The molecule has 1 aromatic heterocycles. The molecule has 1 aromatic carbocycles. The molecule has 0 aliphatic heterocycles. The molecule has 11 heteroatoms. The predicted molar refractivity (Wildman–Crippen MR) is 90.5 cm³/mol. The summed E-state index contributed by atoms with van der Waals surface area (Å²) in [6.07, 6.45) is 0. The molecule has 24 heavy (non-hydrogen) atoms. The fourth-order valence-electron chi connectivity index (χ4n) is 2.16. The molecule has 2 rings (SSSR count). The Morgan fingerprint density at radius 3 is 2.75 bits per heavy atom. The Hall–Kier alpha value is -1.36. The zero-order valence-electron chi connectivity index (χ0n) is 12.9. The number of sulfonamides is 1. The van der Waals surface area contributed by atoms with Gasteiger partial charge in [0, 0.05) is 18.1 Å². The molecule has 0 unspecified atom stereocenters. The van der Waals surface area contributed by atoms with Gasteiger partial charge in [0.05, 0.1) is 18.5 Å². The normalized spacial score (nSPS) is 13.4. The minimum Gasteiger partial charge on any atom is -0.469 e. The average Bonchev–Trinajstić information content (AvgIpc) is 2.86. The van der Waals surface area contributed by atoms with Crippen molar-refractivity contribution < 1.29 is 22.4 Å². The SMILES string of the molecule is COC(=O)[C@@H](C)CN(C)S(=O)(=O)c1c(Br)cc2[nH]c(=O)oc2c1Cl. The summed E-state index contributed by atoms with van der Waals surface area (Å²) in [7, 11) is -1.51. The number of carbonyl (C=O) groups excluding carboxylic acids is 1. The van der Waals surface area contributed by atoms with E-state index in [1.807, 2.05) is 0 Å². The Morgan fingerprint density at radius 2 is 2.17 bits per heavy atom. The maximum absolute atomic E-state index is 12.8. The highest BCUT2D eigenvalue weighted by Gasteiger charge is 2.31. The van der Waals surface area contributed by atoms with Crippen molar-refractivity contribution in [2.45, 2.75) is 11.8 Å². The van der Waals surface area contributed by atoms with Gasteiger partial charge in [0.2, 0.25) is 10.0 Å². The molecule has 0 aliphatic carbocycles. The molecule has 0 radical (unpaired) electrons. The fourth-order valence-corrected chi connectivity index (χ4v) is 5.20. The van der Waals surface area contributed by atoms with Crippen LogP contribution in [-0.4, -0.2) is 44.4 Å². The predicted octanol–water partition coefficient (Wildman–Crippen LogP) is 1.97. The van der Waals surface area contributed by atoms with Crippen LogP contribution in [-0.2, 0) is 19.6 Å². The number of ether oxygens (including phenoxy) is 1. The Bertz CT molecular complexity index is 951. The summed E-state index contributed by atoms with van der Waals surface area (Å²) in [5.41, 5.74) is 0.208. The van der Waals surface area contributed by atoms with Crippen LogP contribution in [0.15, 0.2) is 24.6 Å². The molecule has 0 amide bonds. The number of halogens is 2. The van der Waals surface area contributed by atoms with Gasteiger partial charge in [-0.15, -0.1) is 0 Å². The van der Waals surface area contributed by atoms with Crippen LogP contribution in [0.25, 0.3) is 11.1 Å². The summed E-state index contributed by atoms with van der Waals surface area (Å²) in [5.74, 6) is -1.95. The van der Waals surface area contributed by atoms with Crippen LogP contribution >= 0.6 is 27.5 Å². The van der Waals surface area contributed by atoms with Crippen molar-refractivity contribution in [1.82, 2.24) is 9.29 Å². The third-order valence-electron chi connectivity index (χ3n) is 3.37.